The van der Waals surface area contributed by atoms with Gasteiger partial charge in [-0.05, 0) is 25.0 Å². The van der Waals surface area contributed by atoms with Gasteiger partial charge in [0.1, 0.15) is 0 Å². The highest BCUT2D eigenvalue weighted by Crippen LogP contribution is 2.06. The summed E-state index contributed by atoms with van der Waals surface area (Å²) in [5, 5.41) is 11.6. The van der Waals surface area contributed by atoms with Crippen LogP contribution in [0.25, 0.3) is 6.08 Å². The molecule has 1 aromatic carbocycles. The van der Waals surface area contributed by atoms with Crippen molar-refractivity contribution in [2.75, 3.05) is 6.54 Å². The second-order valence-electron chi connectivity index (χ2n) is 4.82. The van der Waals surface area contributed by atoms with Gasteiger partial charge in [-0.3, -0.25) is 9.59 Å². The van der Waals surface area contributed by atoms with Crippen molar-refractivity contribution in [2.24, 2.45) is 5.92 Å². The molecule has 4 heteroatoms. The van der Waals surface area contributed by atoms with Gasteiger partial charge in [0.25, 0.3) is 0 Å². The van der Waals surface area contributed by atoms with Gasteiger partial charge in [-0.25, -0.2) is 0 Å². The molecular weight excluding hydrogens is 254 g/mol. The minimum absolute atomic E-state index is 0.167. The van der Waals surface area contributed by atoms with Crippen LogP contribution in [0, 0.1) is 12.8 Å². The zero-order valence-electron chi connectivity index (χ0n) is 11.9. The number of hydrogen-bond acceptors (Lipinski definition) is 2. The van der Waals surface area contributed by atoms with Crippen LogP contribution in [0.5, 0.6) is 0 Å². The normalized spacial score (nSPS) is 12.3. The van der Waals surface area contributed by atoms with E-state index in [9.17, 15) is 9.59 Å². The lowest BCUT2D eigenvalue weighted by atomic mass is 10.0. The Labute approximate surface area is 119 Å². The molecule has 0 aliphatic heterocycles. The molecule has 1 rings (SSSR count). The molecule has 2 N–H and O–H groups in total. The summed E-state index contributed by atoms with van der Waals surface area (Å²) < 4.78 is 0. The fourth-order valence-corrected chi connectivity index (χ4v) is 1.89. The lowest BCUT2D eigenvalue weighted by molar-refractivity contribution is -0.141. The number of carbonyl (C=O) groups excluding carboxylic acids is 1. The Kier molecular flexibility index (Phi) is 6.50. The lowest BCUT2D eigenvalue weighted by Gasteiger charge is -2.10. The lowest BCUT2D eigenvalue weighted by Crippen LogP contribution is -2.31. The molecule has 4 nitrogen and oxygen atoms in total. The summed E-state index contributed by atoms with van der Waals surface area (Å²) in [5.41, 5.74) is 2.07. The molecule has 0 bridgehead atoms. The predicted octanol–water partition coefficient (Wildman–Crippen LogP) is 2.63. The number of carboxylic acids is 1. The molecule has 0 saturated heterocycles. The summed E-state index contributed by atoms with van der Waals surface area (Å²) in [6.45, 7) is 4.08. The van der Waals surface area contributed by atoms with Crippen molar-refractivity contribution in [1.29, 1.82) is 0 Å². The first-order valence-electron chi connectivity index (χ1n) is 6.78. The van der Waals surface area contributed by atoms with Gasteiger partial charge in [0.15, 0.2) is 0 Å². The number of nitrogens with one attached hydrogen (secondary N) is 1. The van der Waals surface area contributed by atoms with E-state index in [-0.39, 0.29) is 12.5 Å². The van der Waals surface area contributed by atoms with Crippen LogP contribution in [-0.4, -0.2) is 23.5 Å². The molecule has 0 aliphatic carbocycles. The van der Waals surface area contributed by atoms with Gasteiger partial charge in [-0.1, -0.05) is 43.2 Å². The molecule has 1 unspecified atom stereocenters. The van der Waals surface area contributed by atoms with E-state index in [2.05, 4.69) is 5.32 Å². The van der Waals surface area contributed by atoms with Crippen LogP contribution in [0.1, 0.15) is 30.9 Å². The SMILES string of the molecule is CCCC(CNC(=O)C=Cc1cccc(C)c1)C(=O)O. The van der Waals surface area contributed by atoms with Gasteiger partial charge in [-0.15, -0.1) is 0 Å². The van der Waals surface area contributed by atoms with E-state index < -0.39 is 11.9 Å². The van der Waals surface area contributed by atoms with Gasteiger partial charge in [0.2, 0.25) is 5.91 Å². The monoisotopic (exact) mass is 275 g/mol. The Bertz CT molecular complexity index is 494. The Morgan fingerprint density at radius 1 is 1.40 bits per heavy atom. The standard InChI is InChI=1S/C16H21NO3/c1-3-5-14(16(19)20)11-17-15(18)9-8-13-7-4-6-12(2)10-13/h4,6-10,14H,3,5,11H2,1-2H3,(H,17,18)(H,19,20). The van der Waals surface area contributed by atoms with Crippen molar-refractivity contribution in [3.05, 3.63) is 41.5 Å². The molecule has 1 aromatic rings. The number of rotatable bonds is 7. The molecular formula is C16H21NO3. The van der Waals surface area contributed by atoms with E-state index in [1.807, 2.05) is 38.1 Å². The summed E-state index contributed by atoms with van der Waals surface area (Å²) in [5.74, 6) is -1.65. The molecule has 0 heterocycles. The molecule has 1 amide bonds. The van der Waals surface area contributed by atoms with Crippen molar-refractivity contribution in [3.8, 4) is 0 Å². The van der Waals surface area contributed by atoms with Crippen LogP contribution >= 0.6 is 0 Å². The summed E-state index contributed by atoms with van der Waals surface area (Å²) >= 11 is 0. The first-order valence-corrected chi connectivity index (χ1v) is 6.78. The number of hydrogen-bond donors (Lipinski definition) is 2. The zero-order valence-corrected chi connectivity index (χ0v) is 11.9. The number of carboxylic acid groups (broad SMARTS) is 1. The van der Waals surface area contributed by atoms with Gasteiger partial charge in [0, 0.05) is 12.6 Å². The Morgan fingerprint density at radius 3 is 2.75 bits per heavy atom. The molecule has 0 fully saturated rings. The number of aryl methyl sites for hydroxylation is 1. The highest BCUT2D eigenvalue weighted by molar-refractivity contribution is 5.92. The molecule has 0 saturated carbocycles. The Morgan fingerprint density at radius 2 is 2.15 bits per heavy atom. The Hall–Kier alpha value is -2.10. The van der Waals surface area contributed by atoms with Crippen molar-refractivity contribution in [1.82, 2.24) is 5.32 Å². The van der Waals surface area contributed by atoms with E-state index in [0.717, 1.165) is 17.5 Å². The highest BCUT2D eigenvalue weighted by Gasteiger charge is 2.16. The van der Waals surface area contributed by atoms with Crippen molar-refractivity contribution < 1.29 is 14.7 Å². The van der Waals surface area contributed by atoms with Crippen LogP contribution in [0.4, 0.5) is 0 Å². The molecule has 0 spiro atoms. The third-order valence-electron chi connectivity index (χ3n) is 2.98. The third-order valence-corrected chi connectivity index (χ3v) is 2.98. The second-order valence-corrected chi connectivity index (χ2v) is 4.82. The fourth-order valence-electron chi connectivity index (χ4n) is 1.89. The van der Waals surface area contributed by atoms with Gasteiger partial charge < -0.3 is 10.4 Å². The summed E-state index contributed by atoms with van der Waals surface area (Å²) in [4.78, 5) is 22.6. The van der Waals surface area contributed by atoms with E-state index in [1.54, 1.807) is 6.08 Å². The quantitative estimate of drug-likeness (QED) is 0.752. The van der Waals surface area contributed by atoms with Crippen LogP contribution < -0.4 is 5.32 Å². The van der Waals surface area contributed by atoms with Crippen molar-refractivity contribution in [2.45, 2.75) is 26.7 Å². The van der Waals surface area contributed by atoms with Crippen LogP contribution in [0.15, 0.2) is 30.3 Å². The minimum Gasteiger partial charge on any atom is -0.481 e. The number of carbonyl (C=O) groups is 2. The smallest absolute Gasteiger partial charge is 0.308 e. The summed E-state index contributed by atoms with van der Waals surface area (Å²) in [6, 6.07) is 7.79. The zero-order chi connectivity index (χ0) is 15.0. The van der Waals surface area contributed by atoms with Crippen molar-refractivity contribution >= 4 is 18.0 Å². The maximum atomic E-state index is 11.6. The molecule has 108 valence electrons. The molecule has 0 radical (unpaired) electrons. The number of benzene rings is 1. The number of amides is 1. The van der Waals surface area contributed by atoms with Crippen LogP contribution in [-0.2, 0) is 9.59 Å². The first-order chi connectivity index (χ1) is 9.52. The fraction of sp³-hybridized carbons (Fsp3) is 0.375. The predicted molar refractivity (Wildman–Crippen MR) is 79.3 cm³/mol. The average Bonchev–Trinajstić information content (AvgIpc) is 2.41. The molecule has 0 aliphatic rings. The second kappa shape index (κ2) is 8.15. The summed E-state index contributed by atoms with van der Waals surface area (Å²) in [7, 11) is 0. The van der Waals surface area contributed by atoms with E-state index >= 15 is 0 Å². The van der Waals surface area contributed by atoms with E-state index in [1.165, 1.54) is 6.08 Å². The maximum Gasteiger partial charge on any atom is 0.308 e. The largest absolute Gasteiger partial charge is 0.481 e. The molecule has 20 heavy (non-hydrogen) atoms. The minimum atomic E-state index is -0.866. The van der Waals surface area contributed by atoms with Gasteiger partial charge >= 0.3 is 5.97 Å². The third kappa shape index (κ3) is 5.69. The van der Waals surface area contributed by atoms with Crippen LogP contribution in [0.2, 0.25) is 0 Å². The highest BCUT2D eigenvalue weighted by atomic mass is 16.4. The first kappa shape index (κ1) is 16.0. The van der Waals surface area contributed by atoms with Gasteiger partial charge in [-0.2, -0.15) is 0 Å². The number of aliphatic carboxylic acids is 1. The topological polar surface area (TPSA) is 66.4 Å². The van der Waals surface area contributed by atoms with Crippen molar-refractivity contribution in [3.63, 3.8) is 0 Å². The van der Waals surface area contributed by atoms with Crippen LogP contribution in [0.3, 0.4) is 0 Å². The Balaban J connectivity index is 2.49. The maximum absolute atomic E-state index is 11.6. The van der Waals surface area contributed by atoms with E-state index in [0.29, 0.717) is 6.42 Å². The van der Waals surface area contributed by atoms with Gasteiger partial charge in [0.05, 0.1) is 5.92 Å². The van der Waals surface area contributed by atoms with E-state index in [4.69, 9.17) is 5.11 Å². The average molecular weight is 275 g/mol. The summed E-state index contributed by atoms with van der Waals surface area (Å²) in [6.07, 6.45) is 4.50. The molecule has 1 atom stereocenters. The molecule has 0 aromatic heterocycles.